The molecule has 0 saturated carbocycles. The first-order valence-corrected chi connectivity index (χ1v) is 3.96. The second-order valence-electron chi connectivity index (χ2n) is 2.72. The summed E-state index contributed by atoms with van der Waals surface area (Å²) in [5.74, 6) is 0.330. The van der Waals surface area contributed by atoms with E-state index in [1.807, 2.05) is 0 Å². The molecule has 1 aromatic heterocycles. The highest BCUT2D eigenvalue weighted by Gasteiger charge is 2.10. The quantitative estimate of drug-likeness (QED) is 0.651. The Hall–Kier alpha value is -1.98. The van der Waals surface area contributed by atoms with Gasteiger partial charge in [-0.25, -0.2) is 9.78 Å². The van der Waals surface area contributed by atoms with Gasteiger partial charge in [-0.2, -0.15) is 0 Å². The normalized spacial score (nSPS) is 9.57. The first-order chi connectivity index (χ1) is 6.56. The average Bonchev–Trinajstić information content (AvgIpc) is 2.17. The fraction of sp³-hybridized carbons (Fsp3) is 0.250. The highest BCUT2D eigenvalue weighted by molar-refractivity contribution is 5.85. The van der Waals surface area contributed by atoms with E-state index >= 15 is 0 Å². The number of carbonyl (C=O) groups is 1. The molecular formula is C8H12N4O2. The number of nitrogens with one attached hydrogen (secondary N) is 1. The van der Waals surface area contributed by atoms with E-state index < -0.39 is 6.09 Å². The Kier molecular flexibility index (Phi) is 2.76. The van der Waals surface area contributed by atoms with Gasteiger partial charge in [-0.3, -0.25) is 4.90 Å². The largest absolute Gasteiger partial charge is 0.465 e. The molecule has 0 aliphatic carbocycles. The van der Waals surface area contributed by atoms with Crippen molar-refractivity contribution in [2.24, 2.45) is 0 Å². The predicted molar refractivity (Wildman–Crippen MR) is 54.6 cm³/mol. The van der Waals surface area contributed by atoms with Crippen molar-refractivity contribution in [3.8, 4) is 0 Å². The lowest BCUT2D eigenvalue weighted by Crippen LogP contribution is -2.24. The summed E-state index contributed by atoms with van der Waals surface area (Å²) >= 11 is 0. The summed E-state index contributed by atoms with van der Waals surface area (Å²) in [6, 6.07) is 1.57. The molecule has 0 fully saturated rings. The molecule has 0 saturated heterocycles. The van der Waals surface area contributed by atoms with E-state index in [4.69, 9.17) is 10.8 Å². The van der Waals surface area contributed by atoms with E-state index in [0.717, 1.165) is 4.90 Å². The first-order valence-electron chi connectivity index (χ1n) is 3.96. The van der Waals surface area contributed by atoms with E-state index in [1.54, 1.807) is 13.1 Å². The Morgan fingerprint density at radius 1 is 1.71 bits per heavy atom. The van der Waals surface area contributed by atoms with E-state index in [-0.39, 0.29) is 0 Å². The molecule has 6 heteroatoms. The number of pyridine rings is 1. The predicted octanol–water partition coefficient (Wildman–Crippen LogP) is 0.820. The van der Waals surface area contributed by atoms with Crippen LogP contribution in [0.3, 0.4) is 0 Å². The Balaban J connectivity index is 3.06. The zero-order valence-electron chi connectivity index (χ0n) is 7.98. The molecule has 0 radical (unpaired) electrons. The van der Waals surface area contributed by atoms with Crippen molar-refractivity contribution < 1.29 is 9.90 Å². The summed E-state index contributed by atoms with van der Waals surface area (Å²) < 4.78 is 0. The third-order valence-corrected chi connectivity index (χ3v) is 1.82. The maximum Gasteiger partial charge on any atom is 0.412 e. The highest BCUT2D eigenvalue weighted by atomic mass is 16.4. The number of aromatic nitrogens is 1. The third kappa shape index (κ3) is 1.85. The smallest absolute Gasteiger partial charge is 0.412 e. The SMILES string of the molecule is CNc1cc(N(C)C(=O)O)ncc1N. The van der Waals surface area contributed by atoms with Crippen molar-refractivity contribution in [1.29, 1.82) is 0 Å². The van der Waals surface area contributed by atoms with Crippen LogP contribution in [0.1, 0.15) is 0 Å². The number of nitrogens with two attached hydrogens (primary N) is 1. The van der Waals surface area contributed by atoms with Gasteiger partial charge < -0.3 is 16.2 Å². The van der Waals surface area contributed by atoms with Gasteiger partial charge in [0.15, 0.2) is 0 Å². The topological polar surface area (TPSA) is 91.5 Å². The lowest BCUT2D eigenvalue weighted by Gasteiger charge is -2.13. The van der Waals surface area contributed by atoms with Gasteiger partial charge >= 0.3 is 6.09 Å². The summed E-state index contributed by atoms with van der Waals surface area (Å²) in [6.45, 7) is 0. The number of rotatable bonds is 2. The molecule has 0 spiro atoms. The van der Waals surface area contributed by atoms with Crippen LogP contribution in [0, 0.1) is 0 Å². The van der Waals surface area contributed by atoms with E-state index in [9.17, 15) is 4.79 Å². The lowest BCUT2D eigenvalue weighted by molar-refractivity contribution is 0.203. The maximum atomic E-state index is 10.6. The average molecular weight is 196 g/mol. The van der Waals surface area contributed by atoms with E-state index in [2.05, 4.69) is 10.3 Å². The van der Waals surface area contributed by atoms with Gasteiger partial charge in [-0.05, 0) is 0 Å². The summed E-state index contributed by atoms with van der Waals surface area (Å²) in [5.41, 5.74) is 6.72. The zero-order valence-corrected chi connectivity index (χ0v) is 7.98. The van der Waals surface area contributed by atoms with Crippen molar-refractivity contribution in [3.63, 3.8) is 0 Å². The Morgan fingerprint density at radius 2 is 2.36 bits per heavy atom. The van der Waals surface area contributed by atoms with Crippen molar-refractivity contribution >= 4 is 23.3 Å². The molecule has 1 aromatic rings. The summed E-state index contributed by atoms with van der Waals surface area (Å²) in [4.78, 5) is 15.5. The van der Waals surface area contributed by atoms with Gasteiger partial charge in [-0.15, -0.1) is 0 Å². The van der Waals surface area contributed by atoms with Crippen molar-refractivity contribution in [3.05, 3.63) is 12.3 Å². The van der Waals surface area contributed by atoms with Crippen LogP contribution in [0.15, 0.2) is 12.3 Å². The van der Waals surface area contributed by atoms with Crippen molar-refractivity contribution in [2.45, 2.75) is 0 Å². The monoisotopic (exact) mass is 196 g/mol. The van der Waals surface area contributed by atoms with Crippen molar-refractivity contribution in [2.75, 3.05) is 30.0 Å². The lowest BCUT2D eigenvalue weighted by atomic mass is 10.3. The molecule has 0 aliphatic heterocycles. The summed E-state index contributed by atoms with van der Waals surface area (Å²) in [5, 5.41) is 11.5. The zero-order chi connectivity index (χ0) is 10.7. The first kappa shape index (κ1) is 10.1. The molecule has 1 rings (SSSR count). The number of hydrogen-bond acceptors (Lipinski definition) is 4. The van der Waals surface area contributed by atoms with Gasteiger partial charge in [0.25, 0.3) is 0 Å². The fourth-order valence-corrected chi connectivity index (χ4v) is 0.953. The van der Waals surface area contributed by atoms with Crippen LogP contribution in [0.25, 0.3) is 0 Å². The van der Waals surface area contributed by atoms with E-state index in [1.165, 1.54) is 13.2 Å². The summed E-state index contributed by atoms with van der Waals surface area (Å²) in [7, 11) is 3.12. The van der Waals surface area contributed by atoms with Gasteiger partial charge in [0.1, 0.15) is 5.82 Å². The van der Waals surface area contributed by atoms with Crippen LogP contribution in [-0.4, -0.2) is 30.3 Å². The fourth-order valence-electron chi connectivity index (χ4n) is 0.953. The van der Waals surface area contributed by atoms with Crippen molar-refractivity contribution in [1.82, 2.24) is 4.98 Å². The number of nitrogens with zero attached hydrogens (tertiary/aromatic N) is 2. The number of anilines is 3. The second-order valence-corrected chi connectivity index (χ2v) is 2.72. The molecule has 0 bridgehead atoms. The number of amides is 1. The molecule has 0 atom stereocenters. The number of carboxylic acid groups (broad SMARTS) is 1. The van der Waals surface area contributed by atoms with Gasteiger partial charge in [-0.1, -0.05) is 0 Å². The molecule has 1 heterocycles. The van der Waals surface area contributed by atoms with Gasteiger partial charge in [0.2, 0.25) is 0 Å². The number of nitrogen functional groups attached to an aromatic ring is 1. The minimum atomic E-state index is -1.07. The highest BCUT2D eigenvalue weighted by Crippen LogP contribution is 2.21. The van der Waals surface area contributed by atoms with Gasteiger partial charge in [0.05, 0.1) is 17.6 Å². The Labute approximate surface area is 81.4 Å². The molecule has 4 N–H and O–H groups in total. The minimum Gasteiger partial charge on any atom is -0.465 e. The maximum absolute atomic E-state index is 10.6. The second kappa shape index (κ2) is 3.82. The van der Waals surface area contributed by atoms with Crippen LogP contribution < -0.4 is 16.0 Å². The number of hydrogen-bond donors (Lipinski definition) is 3. The standard InChI is InChI=1S/C8H12N4O2/c1-10-6-3-7(11-4-5(6)9)12(2)8(13)14/h3-4H,9H2,1-2H3,(H,10,11)(H,13,14). The van der Waals surface area contributed by atoms with Crippen LogP contribution in [0.2, 0.25) is 0 Å². The molecule has 0 aliphatic rings. The Bertz CT molecular complexity index is 353. The van der Waals surface area contributed by atoms with Crippen LogP contribution >= 0.6 is 0 Å². The molecule has 0 aromatic carbocycles. The molecule has 6 nitrogen and oxygen atoms in total. The molecule has 14 heavy (non-hydrogen) atoms. The van der Waals surface area contributed by atoms with E-state index in [0.29, 0.717) is 17.2 Å². The van der Waals surface area contributed by atoms with Crippen LogP contribution in [0.4, 0.5) is 22.0 Å². The molecule has 0 unspecified atom stereocenters. The molecule has 76 valence electrons. The molecule has 1 amide bonds. The van der Waals surface area contributed by atoms with Crippen LogP contribution in [-0.2, 0) is 0 Å². The Morgan fingerprint density at radius 3 is 2.86 bits per heavy atom. The third-order valence-electron chi connectivity index (χ3n) is 1.82. The summed E-state index contributed by atoms with van der Waals surface area (Å²) in [6.07, 6.45) is 0.352. The van der Waals surface area contributed by atoms with Crippen LogP contribution in [0.5, 0.6) is 0 Å². The molecular weight excluding hydrogens is 184 g/mol. The minimum absolute atomic E-state index is 0.330. The van der Waals surface area contributed by atoms with Gasteiger partial charge in [0, 0.05) is 20.2 Å².